The molecule has 0 saturated carbocycles. The van der Waals surface area contributed by atoms with E-state index in [0.717, 1.165) is 25.0 Å². The third-order valence-corrected chi connectivity index (χ3v) is 6.83. The van der Waals surface area contributed by atoms with Gasteiger partial charge in [0.05, 0.1) is 4.90 Å². The number of halogens is 1. The molecule has 0 spiro atoms. The van der Waals surface area contributed by atoms with Gasteiger partial charge < -0.3 is 4.90 Å². The number of carbonyl (C=O) groups is 1. The monoisotopic (exact) mass is 340 g/mol. The van der Waals surface area contributed by atoms with E-state index in [-0.39, 0.29) is 22.9 Å². The van der Waals surface area contributed by atoms with E-state index in [1.165, 1.54) is 16.4 Å². The van der Waals surface area contributed by atoms with Gasteiger partial charge in [0.2, 0.25) is 15.9 Å². The molecule has 2 aliphatic rings. The van der Waals surface area contributed by atoms with Gasteiger partial charge in [0, 0.05) is 32.1 Å². The summed E-state index contributed by atoms with van der Waals surface area (Å²) in [5.41, 5.74) is 0. The maximum absolute atomic E-state index is 13.1. The number of piperidine rings is 1. The van der Waals surface area contributed by atoms with E-state index in [4.69, 9.17) is 0 Å². The predicted molar refractivity (Wildman–Crippen MR) is 83.7 cm³/mol. The zero-order valence-electron chi connectivity index (χ0n) is 13.1. The van der Waals surface area contributed by atoms with Crippen molar-refractivity contribution in [3.63, 3.8) is 0 Å². The fourth-order valence-electron chi connectivity index (χ4n) is 3.66. The van der Waals surface area contributed by atoms with Crippen molar-refractivity contribution in [2.24, 2.45) is 0 Å². The van der Waals surface area contributed by atoms with Crippen LogP contribution in [0.25, 0.3) is 0 Å². The Bertz CT molecular complexity index is 690. The third-order valence-electron chi connectivity index (χ3n) is 4.89. The maximum Gasteiger partial charge on any atom is 0.243 e. The Hall–Kier alpha value is -1.47. The molecule has 0 unspecified atom stereocenters. The van der Waals surface area contributed by atoms with Crippen molar-refractivity contribution in [1.82, 2.24) is 9.21 Å². The standard InChI is InChI=1S/C16H21FN2O3S/c1-18-14-5-3-11-19(15(14)4-2-6-16(18)20)23(21,22)13-9-7-12(17)8-10-13/h7-10,14-15H,2-6,11H2,1H3/t14-,15-/m1/s1. The molecule has 0 aliphatic carbocycles. The summed E-state index contributed by atoms with van der Waals surface area (Å²) in [5.74, 6) is -0.376. The SMILES string of the molecule is CN1C(=O)CCC[C@@H]2[C@H]1CCCN2S(=O)(=O)c1ccc(F)cc1. The van der Waals surface area contributed by atoms with Gasteiger partial charge in [-0.25, -0.2) is 12.8 Å². The minimum absolute atomic E-state index is 0.0750. The molecular weight excluding hydrogens is 319 g/mol. The van der Waals surface area contributed by atoms with Crippen molar-refractivity contribution < 1.29 is 17.6 Å². The van der Waals surface area contributed by atoms with Crippen molar-refractivity contribution >= 4 is 15.9 Å². The molecular formula is C16H21FN2O3S. The van der Waals surface area contributed by atoms with Crippen LogP contribution >= 0.6 is 0 Å². The van der Waals surface area contributed by atoms with Crippen molar-refractivity contribution in [2.75, 3.05) is 13.6 Å². The Morgan fingerprint density at radius 2 is 1.74 bits per heavy atom. The molecule has 2 aliphatic heterocycles. The van der Waals surface area contributed by atoms with Crippen molar-refractivity contribution in [3.8, 4) is 0 Å². The lowest BCUT2D eigenvalue weighted by molar-refractivity contribution is -0.132. The van der Waals surface area contributed by atoms with E-state index >= 15 is 0 Å². The Balaban J connectivity index is 1.94. The lowest BCUT2D eigenvalue weighted by Crippen LogP contribution is -2.56. The Morgan fingerprint density at radius 1 is 1.09 bits per heavy atom. The van der Waals surface area contributed by atoms with Crippen molar-refractivity contribution in [2.45, 2.75) is 49.1 Å². The second-order valence-corrected chi connectivity index (χ2v) is 8.13. The van der Waals surface area contributed by atoms with Gasteiger partial charge in [-0.1, -0.05) is 0 Å². The number of amides is 1. The van der Waals surface area contributed by atoms with Gasteiger partial charge in [-0.3, -0.25) is 4.79 Å². The zero-order chi connectivity index (χ0) is 16.6. The number of hydrogen-bond donors (Lipinski definition) is 0. The average Bonchev–Trinajstić information content (AvgIpc) is 2.67. The van der Waals surface area contributed by atoms with Crippen LogP contribution < -0.4 is 0 Å². The zero-order valence-corrected chi connectivity index (χ0v) is 13.9. The maximum atomic E-state index is 13.1. The molecule has 126 valence electrons. The number of rotatable bonds is 2. The Labute approximate surface area is 136 Å². The van der Waals surface area contributed by atoms with Crippen molar-refractivity contribution in [3.05, 3.63) is 30.1 Å². The molecule has 3 rings (SSSR count). The van der Waals surface area contributed by atoms with Gasteiger partial charge in [0.15, 0.2) is 0 Å². The fraction of sp³-hybridized carbons (Fsp3) is 0.562. The summed E-state index contributed by atoms with van der Waals surface area (Å²) < 4.78 is 40.5. The Morgan fingerprint density at radius 3 is 2.43 bits per heavy atom. The summed E-state index contributed by atoms with van der Waals surface area (Å²) in [6, 6.07) is 4.66. The van der Waals surface area contributed by atoms with E-state index in [9.17, 15) is 17.6 Å². The summed E-state index contributed by atoms with van der Waals surface area (Å²) >= 11 is 0. The molecule has 7 heteroatoms. The van der Waals surface area contributed by atoms with Crippen LogP contribution in [0.3, 0.4) is 0 Å². The molecule has 0 N–H and O–H groups in total. The molecule has 0 radical (unpaired) electrons. The van der Waals surface area contributed by atoms with Gasteiger partial charge in [-0.2, -0.15) is 4.31 Å². The quantitative estimate of drug-likeness (QED) is 0.827. The summed E-state index contributed by atoms with van der Waals surface area (Å²) in [7, 11) is -1.91. The number of likely N-dealkylation sites (tertiary alicyclic amines) is 1. The minimum atomic E-state index is -3.68. The highest BCUT2D eigenvalue weighted by molar-refractivity contribution is 7.89. The number of fused-ring (bicyclic) bond motifs is 1. The van der Waals surface area contributed by atoms with Crippen LogP contribution in [0.2, 0.25) is 0 Å². The second-order valence-electron chi connectivity index (χ2n) is 6.24. The number of nitrogens with zero attached hydrogens (tertiary/aromatic N) is 2. The van der Waals surface area contributed by atoms with Gasteiger partial charge in [-0.05, 0) is 49.9 Å². The van der Waals surface area contributed by atoms with E-state index in [2.05, 4.69) is 0 Å². The van der Waals surface area contributed by atoms with Crippen LogP contribution in [0.15, 0.2) is 29.2 Å². The molecule has 2 fully saturated rings. The summed E-state index contributed by atoms with van der Waals surface area (Å²) in [6.07, 6.45) is 3.39. The van der Waals surface area contributed by atoms with E-state index in [1.54, 1.807) is 11.9 Å². The Kier molecular flexibility index (Phi) is 4.42. The number of hydrogen-bond acceptors (Lipinski definition) is 3. The smallest absolute Gasteiger partial charge is 0.243 e. The number of likely N-dealkylation sites (N-methyl/N-ethyl adjacent to an activating group) is 1. The number of carbonyl (C=O) groups excluding carboxylic acids is 1. The third kappa shape index (κ3) is 2.99. The highest BCUT2D eigenvalue weighted by atomic mass is 32.2. The normalized spacial score (nSPS) is 26.7. The first-order valence-electron chi connectivity index (χ1n) is 7.94. The molecule has 2 saturated heterocycles. The van der Waals surface area contributed by atoms with Crippen LogP contribution in [-0.4, -0.2) is 49.2 Å². The van der Waals surface area contributed by atoms with E-state index < -0.39 is 15.8 Å². The van der Waals surface area contributed by atoms with Gasteiger partial charge in [0.25, 0.3) is 0 Å². The first-order chi connectivity index (χ1) is 10.9. The van der Waals surface area contributed by atoms with Gasteiger partial charge >= 0.3 is 0 Å². The number of benzene rings is 1. The molecule has 0 bridgehead atoms. The lowest BCUT2D eigenvalue weighted by atomic mass is 9.95. The highest BCUT2D eigenvalue weighted by Gasteiger charge is 2.42. The topological polar surface area (TPSA) is 57.7 Å². The van der Waals surface area contributed by atoms with Gasteiger partial charge in [-0.15, -0.1) is 0 Å². The van der Waals surface area contributed by atoms with E-state index in [1.807, 2.05) is 0 Å². The molecule has 1 aromatic carbocycles. The van der Waals surface area contributed by atoms with Gasteiger partial charge in [0.1, 0.15) is 5.82 Å². The lowest BCUT2D eigenvalue weighted by Gasteiger charge is -2.42. The molecule has 2 atom stereocenters. The molecule has 5 nitrogen and oxygen atoms in total. The summed E-state index contributed by atoms with van der Waals surface area (Å²) in [5, 5.41) is 0. The predicted octanol–water partition coefficient (Wildman–Crippen LogP) is 1.99. The van der Waals surface area contributed by atoms with Crippen LogP contribution in [-0.2, 0) is 14.8 Å². The minimum Gasteiger partial charge on any atom is -0.341 e. The fourth-order valence-corrected chi connectivity index (χ4v) is 5.38. The first-order valence-corrected chi connectivity index (χ1v) is 9.38. The summed E-state index contributed by atoms with van der Waals surface area (Å²) in [4.78, 5) is 13.9. The molecule has 1 amide bonds. The van der Waals surface area contributed by atoms with Crippen LogP contribution in [0.5, 0.6) is 0 Å². The van der Waals surface area contributed by atoms with Crippen LogP contribution in [0.1, 0.15) is 32.1 Å². The van der Waals surface area contributed by atoms with Crippen LogP contribution in [0, 0.1) is 5.82 Å². The van der Waals surface area contributed by atoms with Crippen LogP contribution in [0.4, 0.5) is 4.39 Å². The van der Waals surface area contributed by atoms with Crippen molar-refractivity contribution in [1.29, 1.82) is 0 Å². The first kappa shape index (κ1) is 16.4. The highest BCUT2D eigenvalue weighted by Crippen LogP contribution is 2.33. The average molecular weight is 340 g/mol. The van der Waals surface area contributed by atoms with E-state index in [0.29, 0.717) is 25.8 Å². The molecule has 1 aromatic rings. The second kappa shape index (κ2) is 6.20. The molecule has 0 aromatic heterocycles. The largest absolute Gasteiger partial charge is 0.341 e. The summed E-state index contributed by atoms with van der Waals surface area (Å²) in [6.45, 7) is 0.447. The molecule has 2 heterocycles. The number of sulfonamides is 1. The molecule has 23 heavy (non-hydrogen) atoms.